The molecule has 0 bridgehead atoms. The molecule has 1 aromatic rings. The van der Waals surface area contributed by atoms with E-state index in [0.29, 0.717) is 0 Å². The molecule has 2 saturated heterocycles. The molecule has 2 aliphatic heterocycles. The largest absolute Gasteiger partial charge is 0.444 e. The molecule has 6 nitrogen and oxygen atoms in total. The zero-order valence-electron chi connectivity index (χ0n) is 18.8. The van der Waals surface area contributed by atoms with E-state index >= 15 is 0 Å². The summed E-state index contributed by atoms with van der Waals surface area (Å²) in [6.07, 6.45) is 2.85. The number of ether oxygens (including phenoxy) is 1. The average molecular weight is 403 g/mol. The second-order valence-corrected chi connectivity index (χ2v) is 9.59. The minimum atomic E-state index is -0.445. The highest BCUT2D eigenvalue weighted by atomic mass is 16.6. The third-order valence-corrected chi connectivity index (χ3v) is 5.78. The summed E-state index contributed by atoms with van der Waals surface area (Å²) in [5, 5.41) is 3.61. The number of nitrogens with zero attached hydrogens (tertiary/aromatic N) is 3. The van der Waals surface area contributed by atoms with E-state index in [0.717, 1.165) is 57.7 Å². The van der Waals surface area contributed by atoms with Gasteiger partial charge in [0.1, 0.15) is 5.60 Å². The van der Waals surface area contributed by atoms with Crippen molar-refractivity contribution in [3.63, 3.8) is 0 Å². The molecule has 0 radical (unpaired) electrons. The number of amides is 1. The lowest BCUT2D eigenvalue weighted by Gasteiger charge is -2.34. The van der Waals surface area contributed by atoms with Gasteiger partial charge in [0.2, 0.25) is 0 Å². The van der Waals surface area contributed by atoms with Gasteiger partial charge >= 0.3 is 6.09 Å². The number of likely N-dealkylation sites (tertiary alicyclic amines) is 1. The Kier molecular flexibility index (Phi) is 6.93. The minimum absolute atomic E-state index is 0.177. The first-order valence-electron chi connectivity index (χ1n) is 11.0. The number of carbonyl (C=O) groups is 1. The molecule has 162 valence electrons. The summed E-state index contributed by atoms with van der Waals surface area (Å²) in [6, 6.07) is 9.30. The van der Waals surface area contributed by atoms with Crippen molar-refractivity contribution >= 4 is 17.5 Å². The van der Waals surface area contributed by atoms with Crippen LogP contribution < -0.4 is 10.2 Å². The Hall–Kier alpha value is -1.95. The number of benzene rings is 1. The molecule has 2 atom stereocenters. The van der Waals surface area contributed by atoms with Gasteiger partial charge in [-0.1, -0.05) is 0 Å². The zero-order valence-corrected chi connectivity index (χ0v) is 18.8. The van der Waals surface area contributed by atoms with Crippen LogP contribution in [-0.4, -0.2) is 73.3 Å². The third kappa shape index (κ3) is 6.26. The van der Waals surface area contributed by atoms with E-state index in [1.807, 2.05) is 25.7 Å². The summed E-state index contributed by atoms with van der Waals surface area (Å²) in [5.74, 6) is 0. The van der Waals surface area contributed by atoms with Gasteiger partial charge in [0.05, 0.1) is 0 Å². The van der Waals surface area contributed by atoms with Crippen LogP contribution >= 0.6 is 0 Å². The highest BCUT2D eigenvalue weighted by molar-refractivity contribution is 5.69. The van der Waals surface area contributed by atoms with Crippen LogP contribution in [0.15, 0.2) is 24.3 Å². The maximum absolute atomic E-state index is 12.5. The van der Waals surface area contributed by atoms with Crippen LogP contribution in [0.1, 0.15) is 47.0 Å². The molecule has 1 aromatic carbocycles. The Morgan fingerprint density at radius 2 is 1.79 bits per heavy atom. The molecule has 0 saturated carbocycles. The normalized spacial score (nSPS) is 21.9. The van der Waals surface area contributed by atoms with Crippen LogP contribution in [0.3, 0.4) is 0 Å². The quantitative estimate of drug-likeness (QED) is 0.806. The van der Waals surface area contributed by atoms with Crippen molar-refractivity contribution < 1.29 is 9.53 Å². The Morgan fingerprint density at radius 1 is 1.14 bits per heavy atom. The molecule has 1 N–H and O–H groups in total. The highest BCUT2D eigenvalue weighted by Crippen LogP contribution is 2.26. The Bertz CT molecular complexity index is 662. The van der Waals surface area contributed by atoms with Crippen LogP contribution in [0, 0.1) is 0 Å². The van der Waals surface area contributed by atoms with Crippen LogP contribution in [0.2, 0.25) is 0 Å². The third-order valence-electron chi connectivity index (χ3n) is 5.78. The first kappa shape index (κ1) is 21.8. The Labute approximate surface area is 176 Å². The average Bonchev–Trinajstić information content (AvgIpc) is 3.10. The number of carbonyl (C=O) groups excluding carboxylic acids is 1. The van der Waals surface area contributed by atoms with Crippen molar-refractivity contribution in [3.8, 4) is 0 Å². The molecule has 0 unspecified atom stereocenters. The number of rotatable bonds is 5. The first-order valence-corrected chi connectivity index (χ1v) is 11.0. The second-order valence-electron chi connectivity index (χ2n) is 9.59. The van der Waals surface area contributed by atoms with Crippen molar-refractivity contribution in [1.82, 2.24) is 9.80 Å². The lowest BCUT2D eigenvalue weighted by molar-refractivity contribution is 0.0218. The van der Waals surface area contributed by atoms with Crippen molar-refractivity contribution in [2.24, 2.45) is 0 Å². The fourth-order valence-corrected chi connectivity index (χ4v) is 4.23. The van der Waals surface area contributed by atoms with Gasteiger partial charge in [-0.3, -0.25) is 0 Å². The van der Waals surface area contributed by atoms with Gasteiger partial charge in [0, 0.05) is 56.2 Å². The SMILES string of the molecule is C[C@@H](C[C@@H]1CCCN1C(=O)OC(C)(C)C)Nc1ccc(N2CCN(C)CC2)cc1. The van der Waals surface area contributed by atoms with Gasteiger partial charge in [-0.2, -0.15) is 0 Å². The number of piperazine rings is 1. The lowest BCUT2D eigenvalue weighted by atomic mass is 10.1. The highest BCUT2D eigenvalue weighted by Gasteiger charge is 2.32. The molecule has 2 aliphatic rings. The number of hydrogen-bond acceptors (Lipinski definition) is 5. The van der Waals surface area contributed by atoms with Gasteiger partial charge in [-0.25, -0.2) is 4.79 Å². The molecule has 29 heavy (non-hydrogen) atoms. The van der Waals surface area contributed by atoms with Gasteiger partial charge in [0.25, 0.3) is 0 Å². The van der Waals surface area contributed by atoms with Gasteiger partial charge in [-0.05, 0) is 78.3 Å². The minimum Gasteiger partial charge on any atom is -0.444 e. The van der Waals surface area contributed by atoms with E-state index in [1.54, 1.807) is 0 Å². The van der Waals surface area contributed by atoms with Crippen molar-refractivity contribution in [2.45, 2.75) is 64.6 Å². The molecule has 0 aliphatic carbocycles. The van der Waals surface area contributed by atoms with E-state index in [9.17, 15) is 4.79 Å². The molecule has 3 rings (SSSR count). The standard InChI is InChI=1S/C23H38N4O2/c1-18(17-21-7-6-12-27(21)22(28)29-23(2,3)4)24-19-8-10-20(11-9-19)26-15-13-25(5)14-16-26/h8-11,18,21,24H,6-7,12-17H2,1-5H3/t18-,21-/m0/s1. The van der Waals surface area contributed by atoms with E-state index in [-0.39, 0.29) is 18.2 Å². The molecule has 6 heteroatoms. The lowest BCUT2D eigenvalue weighted by Crippen LogP contribution is -2.44. The van der Waals surface area contributed by atoms with E-state index in [4.69, 9.17) is 4.74 Å². The second kappa shape index (κ2) is 9.24. The maximum Gasteiger partial charge on any atom is 0.410 e. The van der Waals surface area contributed by atoms with Crippen molar-refractivity contribution in [2.75, 3.05) is 50.0 Å². The molecule has 2 heterocycles. The molecule has 1 amide bonds. The first-order chi connectivity index (χ1) is 13.7. The number of nitrogens with one attached hydrogen (secondary N) is 1. The number of likely N-dealkylation sites (N-methyl/N-ethyl adjacent to an activating group) is 1. The summed E-state index contributed by atoms with van der Waals surface area (Å²) in [6.45, 7) is 13.2. The Morgan fingerprint density at radius 3 is 2.41 bits per heavy atom. The summed E-state index contributed by atoms with van der Waals surface area (Å²) in [4.78, 5) is 19.2. The predicted molar refractivity (Wildman–Crippen MR) is 120 cm³/mol. The van der Waals surface area contributed by atoms with E-state index in [1.165, 1.54) is 5.69 Å². The van der Waals surface area contributed by atoms with E-state index in [2.05, 4.69) is 53.4 Å². The number of hydrogen-bond donors (Lipinski definition) is 1. The van der Waals surface area contributed by atoms with Gasteiger partial charge < -0.3 is 24.8 Å². The monoisotopic (exact) mass is 402 g/mol. The van der Waals surface area contributed by atoms with E-state index < -0.39 is 5.60 Å². The smallest absolute Gasteiger partial charge is 0.410 e. The zero-order chi connectivity index (χ0) is 21.0. The fourth-order valence-electron chi connectivity index (χ4n) is 4.23. The Balaban J connectivity index is 1.51. The topological polar surface area (TPSA) is 48.1 Å². The summed E-state index contributed by atoms with van der Waals surface area (Å²) in [7, 11) is 2.18. The van der Waals surface area contributed by atoms with Crippen LogP contribution in [0.5, 0.6) is 0 Å². The summed E-state index contributed by atoms with van der Waals surface area (Å²) in [5.41, 5.74) is 1.99. The molecule has 2 fully saturated rings. The maximum atomic E-state index is 12.5. The van der Waals surface area contributed by atoms with Gasteiger partial charge in [-0.15, -0.1) is 0 Å². The molecule has 0 aromatic heterocycles. The van der Waals surface area contributed by atoms with Crippen LogP contribution in [0.25, 0.3) is 0 Å². The molecule has 0 spiro atoms. The van der Waals surface area contributed by atoms with Crippen LogP contribution in [0.4, 0.5) is 16.2 Å². The molecular weight excluding hydrogens is 364 g/mol. The van der Waals surface area contributed by atoms with Crippen molar-refractivity contribution in [1.29, 1.82) is 0 Å². The van der Waals surface area contributed by atoms with Gasteiger partial charge in [0.15, 0.2) is 0 Å². The van der Waals surface area contributed by atoms with Crippen molar-refractivity contribution in [3.05, 3.63) is 24.3 Å². The number of anilines is 2. The molecular formula is C23H38N4O2. The fraction of sp³-hybridized carbons (Fsp3) is 0.696. The van der Waals surface area contributed by atoms with Crippen LogP contribution in [-0.2, 0) is 4.74 Å². The summed E-state index contributed by atoms with van der Waals surface area (Å²) >= 11 is 0. The predicted octanol–water partition coefficient (Wildman–Crippen LogP) is 4.03. The summed E-state index contributed by atoms with van der Waals surface area (Å²) < 4.78 is 5.59.